The minimum absolute atomic E-state index is 0.0470. The van der Waals surface area contributed by atoms with Crippen molar-refractivity contribution in [1.82, 2.24) is 10.1 Å². The monoisotopic (exact) mass is 364 g/mol. The van der Waals surface area contributed by atoms with Crippen LogP contribution >= 0.6 is 0 Å². The second-order valence-electron chi connectivity index (χ2n) is 7.35. The first-order chi connectivity index (χ1) is 11.4. The summed E-state index contributed by atoms with van der Waals surface area (Å²) < 4.78 is 48.1. The summed E-state index contributed by atoms with van der Waals surface area (Å²) in [5, 5.41) is 12.6. The van der Waals surface area contributed by atoms with Crippen LogP contribution in [0.2, 0.25) is 0 Å². The molecule has 2 rings (SSSR count). The maximum atomic E-state index is 12.6. The van der Waals surface area contributed by atoms with Gasteiger partial charge in [0.2, 0.25) is 0 Å². The van der Waals surface area contributed by atoms with Gasteiger partial charge in [0.1, 0.15) is 17.1 Å². The van der Waals surface area contributed by atoms with Gasteiger partial charge in [-0.15, -0.1) is 0 Å². The van der Waals surface area contributed by atoms with Gasteiger partial charge in [0.05, 0.1) is 0 Å². The maximum Gasteiger partial charge on any atom is 0.420 e. The summed E-state index contributed by atoms with van der Waals surface area (Å²) in [4.78, 5) is 13.9. The molecule has 0 saturated carbocycles. The first-order valence-electron chi connectivity index (χ1n) is 8.09. The molecule has 1 fully saturated rings. The fourth-order valence-electron chi connectivity index (χ4n) is 2.71. The Labute approximate surface area is 143 Å². The van der Waals surface area contributed by atoms with E-state index in [0.717, 1.165) is 6.07 Å². The van der Waals surface area contributed by atoms with E-state index in [1.807, 2.05) is 6.92 Å². The van der Waals surface area contributed by atoms with Crippen molar-refractivity contribution >= 4 is 6.09 Å². The van der Waals surface area contributed by atoms with Crippen molar-refractivity contribution in [3.63, 3.8) is 0 Å². The number of likely N-dealkylation sites (tertiary alicyclic amines) is 1. The van der Waals surface area contributed by atoms with E-state index in [9.17, 15) is 23.1 Å². The van der Waals surface area contributed by atoms with E-state index in [-0.39, 0.29) is 24.3 Å². The summed E-state index contributed by atoms with van der Waals surface area (Å²) in [7, 11) is 0. The number of hydrogen-bond donors (Lipinski definition) is 1. The fourth-order valence-corrected chi connectivity index (χ4v) is 2.71. The number of aliphatic hydroxyl groups excluding tert-OH is 1. The molecule has 1 aromatic heterocycles. The topological polar surface area (TPSA) is 75.8 Å². The number of nitrogens with zero attached hydrogens (tertiary/aromatic N) is 2. The third kappa shape index (κ3) is 4.87. The molecule has 0 aliphatic carbocycles. The number of alkyl halides is 3. The highest BCUT2D eigenvalue weighted by Gasteiger charge is 2.42. The molecular weight excluding hydrogens is 341 g/mol. The highest BCUT2D eigenvalue weighted by Crippen LogP contribution is 2.35. The smallest absolute Gasteiger partial charge is 0.420 e. The van der Waals surface area contributed by atoms with Gasteiger partial charge in [-0.25, -0.2) is 4.79 Å². The Bertz CT molecular complexity index is 609. The summed E-state index contributed by atoms with van der Waals surface area (Å²) in [6.07, 6.45) is -6.68. The van der Waals surface area contributed by atoms with E-state index in [4.69, 9.17) is 9.26 Å². The Kier molecular flexibility index (Phi) is 5.36. The van der Waals surface area contributed by atoms with E-state index in [1.165, 1.54) is 0 Å². The van der Waals surface area contributed by atoms with Crippen molar-refractivity contribution in [3.8, 4) is 0 Å². The summed E-state index contributed by atoms with van der Waals surface area (Å²) in [6.45, 7) is 7.43. The van der Waals surface area contributed by atoms with Gasteiger partial charge in [-0.3, -0.25) is 0 Å². The van der Waals surface area contributed by atoms with Crippen molar-refractivity contribution < 1.29 is 32.3 Å². The Morgan fingerprint density at radius 2 is 2.04 bits per heavy atom. The lowest BCUT2D eigenvalue weighted by molar-refractivity contribution is -0.208. The number of aliphatic hydroxyl groups is 1. The number of amides is 1. The molecule has 1 saturated heterocycles. The second kappa shape index (κ2) is 6.86. The molecule has 1 aromatic rings. The fraction of sp³-hybridized carbons (Fsp3) is 0.750. The second-order valence-corrected chi connectivity index (χ2v) is 7.35. The molecular formula is C16H23F3N2O4. The van der Waals surface area contributed by atoms with Gasteiger partial charge in [-0.05, 0) is 40.5 Å². The zero-order valence-corrected chi connectivity index (χ0v) is 14.6. The highest BCUT2D eigenvalue weighted by molar-refractivity contribution is 5.68. The molecule has 1 aliphatic rings. The molecule has 1 aliphatic heterocycles. The van der Waals surface area contributed by atoms with Crippen LogP contribution in [-0.4, -0.2) is 45.6 Å². The lowest BCUT2D eigenvalue weighted by atomic mass is 9.91. The van der Waals surface area contributed by atoms with Crippen LogP contribution in [0.4, 0.5) is 18.0 Å². The summed E-state index contributed by atoms with van der Waals surface area (Å²) in [5.41, 5.74) is -1.22. The van der Waals surface area contributed by atoms with E-state index in [0.29, 0.717) is 12.8 Å². The third-order valence-corrected chi connectivity index (χ3v) is 4.05. The highest BCUT2D eigenvalue weighted by atomic mass is 19.4. The quantitative estimate of drug-likeness (QED) is 0.864. The Hall–Kier alpha value is -1.77. The lowest BCUT2D eigenvalue weighted by Crippen LogP contribution is -2.47. The van der Waals surface area contributed by atoms with Gasteiger partial charge in [0, 0.05) is 24.6 Å². The van der Waals surface area contributed by atoms with Crippen molar-refractivity contribution in [2.45, 2.75) is 70.4 Å². The molecule has 142 valence electrons. The zero-order valence-electron chi connectivity index (χ0n) is 14.6. The van der Waals surface area contributed by atoms with Crippen LogP contribution in [-0.2, 0) is 4.74 Å². The number of carbonyl (C=O) groups is 1. The van der Waals surface area contributed by atoms with Gasteiger partial charge in [0.25, 0.3) is 0 Å². The van der Waals surface area contributed by atoms with E-state index < -0.39 is 29.7 Å². The van der Waals surface area contributed by atoms with Gasteiger partial charge >= 0.3 is 12.3 Å². The number of rotatable bonds is 2. The van der Waals surface area contributed by atoms with Crippen LogP contribution in [0.3, 0.4) is 0 Å². The van der Waals surface area contributed by atoms with Crippen LogP contribution in [0.5, 0.6) is 0 Å². The molecule has 0 bridgehead atoms. The predicted molar refractivity (Wildman–Crippen MR) is 81.9 cm³/mol. The number of hydrogen-bond acceptors (Lipinski definition) is 5. The first-order valence-corrected chi connectivity index (χ1v) is 8.09. The molecule has 1 N–H and O–H groups in total. The Morgan fingerprint density at radius 1 is 1.40 bits per heavy atom. The SMILES string of the molecule is C[C@@H]1CC[C@@H](c2cc(C(O)C(F)(F)F)no2)CN1C(=O)OC(C)(C)C. The molecule has 0 spiro atoms. The van der Waals surface area contributed by atoms with Crippen LogP contribution in [0, 0.1) is 0 Å². The minimum atomic E-state index is -4.81. The molecule has 0 aromatic carbocycles. The van der Waals surface area contributed by atoms with E-state index in [2.05, 4.69) is 5.16 Å². The Balaban J connectivity index is 2.11. The molecule has 1 unspecified atom stereocenters. The lowest BCUT2D eigenvalue weighted by Gasteiger charge is -2.37. The summed E-state index contributed by atoms with van der Waals surface area (Å²) in [6, 6.07) is 1.06. The normalized spacial score (nSPS) is 23.4. The maximum absolute atomic E-state index is 12.6. The summed E-state index contributed by atoms with van der Waals surface area (Å²) in [5.74, 6) is -0.0795. The number of piperidine rings is 1. The third-order valence-electron chi connectivity index (χ3n) is 4.05. The standard InChI is InChI=1S/C16H23F3N2O4/c1-9-5-6-10(8-21(9)14(23)24-15(2,3)4)12-7-11(20-25-12)13(22)16(17,18)19/h7,9-10,13,22H,5-6,8H2,1-4H3/t9-,10-,13?/m1/s1. The number of halogens is 3. The van der Waals surface area contributed by atoms with Crippen molar-refractivity contribution in [2.24, 2.45) is 0 Å². The minimum Gasteiger partial charge on any atom is -0.444 e. The van der Waals surface area contributed by atoms with Crippen molar-refractivity contribution in [3.05, 3.63) is 17.5 Å². The predicted octanol–water partition coefficient (Wildman–Crippen LogP) is 3.77. The van der Waals surface area contributed by atoms with Gasteiger partial charge < -0.3 is 19.3 Å². The number of ether oxygens (including phenoxy) is 1. The van der Waals surface area contributed by atoms with Crippen LogP contribution in [0.1, 0.15) is 64.0 Å². The molecule has 2 heterocycles. The number of aromatic nitrogens is 1. The van der Waals surface area contributed by atoms with E-state index in [1.54, 1.807) is 25.7 Å². The molecule has 3 atom stereocenters. The average Bonchev–Trinajstić information content (AvgIpc) is 2.93. The van der Waals surface area contributed by atoms with Gasteiger partial charge in [-0.2, -0.15) is 13.2 Å². The molecule has 9 heteroatoms. The summed E-state index contributed by atoms with van der Waals surface area (Å²) >= 11 is 0. The van der Waals surface area contributed by atoms with Crippen LogP contribution in [0.25, 0.3) is 0 Å². The van der Waals surface area contributed by atoms with Gasteiger partial charge in [0.15, 0.2) is 6.10 Å². The molecule has 1 amide bonds. The van der Waals surface area contributed by atoms with E-state index >= 15 is 0 Å². The van der Waals surface area contributed by atoms with Crippen molar-refractivity contribution in [1.29, 1.82) is 0 Å². The largest absolute Gasteiger partial charge is 0.444 e. The van der Waals surface area contributed by atoms with Crippen molar-refractivity contribution in [2.75, 3.05) is 6.54 Å². The number of carbonyl (C=O) groups excluding carboxylic acids is 1. The zero-order chi connectivity index (χ0) is 19.0. The van der Waals surface area contributed by atoms with Crippen LogP contribution in [0.15, 0.2) is 10.6 Å². The Morgan fingerprint density at radius 3 is 2.60 bits per heavy atom. The first kappa shape index (κ1) is 19.6. The molecule has 6 nitrogen and oxygen atoms in total. The van der Waals surface area contributed by atoms with Crippen LogP contribution < -0.4 is 0 Å². The molecule has 25 heavy (non-hydrogen) atoms. The van der Waals surface area contributed by atoms with Gasteiger partial charge in [-0.1, -0.05) is 5.16 Å². The average molecular weight is 364 g/mol. The molecule has 0 radical (unpaired) electrons.